The fraction of sp³-hybridized carbons (Fsp3) is 0.476. The monoisotopic (exact) mass is 506 g/mol. The molecule has 0 saturated carbocycles. The molecule has 0 unspecified atom stereocenters. The van der Waals surface area contributed by atoms with Gasteiger partial charge >= 0.3 is 12.0 Å². The molecule has 7 N–H and O–H groups in total. The molecule has 196 valence electrons. The molecule has 1 aromatic carbocycles. The Morgan fingerprint density at radius 3 is 2.58 bits per heavy atom. The van der Waals surface area contributed by atoms with Gasteiger partial charge in [0.2, 0.25) is 5.91 Å². The number of nitrogens with two attached hydrogens (primary N) is 2. The van der Waals surface area contributed by atoms with Crippen LogP contribution in [0, 0.1) is 10.1 Å². The van der Waals surface area contributed by atoms with E-state index in [1.54, 1.807) is 30.3 Å². The van der Waals surface area contributed by atoms with Crippen molar-refractivity contribution in [3.63, 3.8) is 0 Å². The van der Waals surface area contributed by atoms with E-state index < -0.39 is 47.5 Å². The van der Waals surface area contributed by atoms with Crippen molar-refractivity contribution in [3.05, 3.63) is 46.0 Å². The molecule has 15 heteroatoms. The van der Waals surface area contributed by atoms with Crippen LogP contribution in [0.5, 0.6) is 0 Å². The quantitative estimate of drug-likeness (QED) is 0.0744. The molecule has 1 saturated heterocycles. The molecule has 2 atom stereocenters. The molecule has 0 spiro atoms. The van der Waals surface area contributed by atoms with Gasteiger partial charge < -0.3 is 26.8 Å². The lowest BCUT2D eigenvalue weighted by molar-refractivity contribution is -0.632. The van der Waals surface area contributed by atoms with Gasteiger partial charge in [0, 0.05) is 6.54 Å². The number of imide groups is 1. The summed E-state index contributed by atoms with van der Waals surface area (Å²) in [6.45, 7) is -0.455. The van der Waals surface area contributed by atoms with Crippen LogP contribution >= 0.6 is 0 Å². The van der Waals surface area contributed by atoms with Crippen molar-refractivity contribution >= 4 is 29.8 Å². The van der Waals surface area contributed by atoms with E-state index in [1.165, 1.54) is 0 Å². The number of guanidine groups is 1. The number of hydrogen-bond acceptors (Lipinski definition) is 9. The first-order valence-corrected chi connectivity index (χ1v) is 11.2. The summed E-state index contributed by atoms with van der Waals surface area (Å²) >= 11 is 0. The number of benzene rings is 1. The second-order valence-electron chi connectivity index (χ2n) is 7.90. The summed E-state index contributed by atoms with van der Waals surface area (Å²) in [6, 6.07) is 6.78. The van der Waals surface area contributed by atoms with Crippen LogP contribution in [0.4, 0.5) is 4.79 Å². The Morgan fingerprint density at radius 1 is 1.25 bits per heavy atom. The second-order valence-corrected chi connectivity index (χ2v) is 7.90. The number of carbonyl (C=O) groups is 4. The van der Waals surface area contributed by atoms with Crippen LogP contribution < -0.4 is 27.4 Å². The highest BCUT2D eigenvalue weighted by molar-refractivity contribution is 5.95. The lowest BCUT2D eigenvalue weighted by atomic mass is 10.1. The van der Waals surface area contributed by atoms with E-state index in [0.29, 0.717) is 18.5 Å². The minimum atomic E-state index is -1.32. The zero-order valence-corrected chi connectivity index (χ0v) is 19.6. The van der Waals surface area contributed by atoms with E-state index in [4.69, 9.17) is 16.2 Å². The smallest absolute Gasteiger partial charge is 0.414 e. The van der Waals surface area contributed by atoms with Crippen molar-refractivity contribution in [1.82, 2.24) is 21.0 Å². The third-order valence-electron chi connectivity index (χ3n) is 5.14. The number of hydrazine groups is 1. The summed E-state index contributed by atoms with van der Waals surface area (Å²) in [5, 5.41) is 17.8. The van der Waals surface area contributed by atoms with Crippen LogP contribution in [0.3, 0.4) is 0 Å². The van der Waals surface area contributed by atoms with Crippen LogP contribution in [0.1, 0.15) is 31.2 Å². The van der Waals surface area contributed by atoms with E-state index in [9.17, 15) is 29.3 Å². The molecule has 2 rings (SSSR count). The van der Waals surface area contributed by atoms with E-state index in [2.05, 4.69) is 15.6 Å². The molecule has 1 fully saturated rings. The Kier molecular flexibility index (Phi) is 11.0. The molecule has 0 aliphatic carbocycles. The average Bonchev–Trinajstić information content (AvgIpc) is 3.38. The van der Waals surface area contributed by atoms with Crippen LogP contribution in [-0.2, 0) is 25.7 Å². The second kappa shape index (κ2) is 14.2. The third-order valence-corrected chi connectivity index (χ3v) is 5.14. The summed E-state index contributed by atoms with van der Waals surface area (Å²) < 4.78 is 4.90. The number of alkyl carbamates (subject to hydrolysis) is 1. The third kappa shape index (κ3) is 9.54. The highest BCUT2D eigenvalue weighted by atomic mass is 16.7. The number of carbonyl (C=O) groups excluding carboxylic acids is 4. The van der Waals surface area contributed by atoms with Gasteiger partial charge in [-0.25, -0.2) is 14.9 Å². The van der Waals surface area contributed by atoms with Gasteiger partial charge in [0.05, 0.1) is 6.04 Å². The lowest BCUT2D eigenvalue weighted by Gasteiger charge is -2.22. The highest BCUT2D eigenvalue weighted by Gasteiger charge is 2.36. The molecule has 1 aliphatic rings. The van der Waals surface area contributed by atoms with Gasteiger partial charge in [0.25, 0.3) is 5.91 Å². The lowest BCUT2D eigenvalue weighted by Crippen LogP contribution is -2.55. The zero-order chi connectivity index (χ0) is 26.5. The Morgan fingerprint density at radius 2 is 1.97 bits per heavy atom. The predicted molar refractivity (Wildman–Crippen MR) is 126 cm³/mol. The van der Waals surface area contributed by atoms with E-state index in [-0.39, 0.29) is 37.0 Å². The van der Waals surface area contributed by atoms with Crippen LogP contribution in [0.25, 0.3) is 0 Å². The number of amides is 4. The Bertz CT molecular complexity index is 962. The first kappa shape index (κ1) is 28.0. The molecule has 0 bridgehead atoms. The van der Waals surface area contributed by atoms with Gasteiger partial charge in [0.15, 0.2) is 17.5 Å². The molecule has 36 heavy (non-hydrogen) atoms. The standard InChI is InChI=1S/C21H30N8O7/c22-20(23)25-11-5-9-16(26-18(31)15-8-4-10-24-15)19(32)28(29(34)35)12-17(30)27-21(33)36-13-14-6-2-1-3-7-14/h1-3,6-7,15-16,24H,4-5,8-13H2,(H,26,31)(H4,22,23,25)(H,27,30,33)/t15-,16-/m0/s1. The summed E-state index contributed by atoms with van der Waals surface area (Å²) in [7, 11) is 0. The maximum absolute atomic E-state index is 13.0. The predicted octanol–water partition coefficient (Wildman–Crippen LogP) is -1.25. The van der Waals surface area contributed by atoms with Crippen molar-refractivity contribution in [3.8, 4) is 0 Å². The van der Waals surface area contributed by atoms with E-state index in [1.807, 2.05) is 5.32 Å². The number of hydrogen-bond donors (Lipinski definition) is 5. The van der Waals surface area contributed by atoms with Crippen LogP contribution in [0.2, 0.25) is 0 Å². The molecule has 1 aromatic rings. The summed E-state index contributed by atoms with van der Waals surface area (Å²) in [4.78, 5) is 64.9. The minimum absolute atomic E-state index is 0.0286. The molecular formula is C21H30N8O7. The topological polar surface area (TPSA) is 224 Å². The van der Waals surface area contributed by atoms with E-state index in [0.717, 1.165) is 6.42 Å². The van der Waals surface area contributed by atoms with Gasteiger partial charge in [0.1, 0.15) is 12.6 Å². The SMILES string of the molecule is NC(N)=NCCC[C@H](NC(=O)[C@@H]1CCCN1)C(=O)N(CC(=O)NC(=O)OCc1ccccc1)[N+](=O)[O-]. The Hall–Kier alpha value is -4.27. The summed E-state index contributed by atoms with van der Waals surface area (Å²) in [5.74, 6) is -2.94. The first-order chi connectivity index (χ1) is 17.2. The largest absolute Gasteiger partial charge is 0.444 e. The Balaban J connectivity index is 2.00. The zero-order valence-electron chi connectivity index (χ0n) is 19.6. The number of nitrogens with zero attached hydrogens (tertiary/aromatic N) is 3. The summed E-state index contributed by atoms with van der Waals surface area (Å²) in [6.07, 6.45) is 0.375. The van der Waals surface area contributed by atoms with E-state index >= 15 is 0 Å². The first-order valence-electron chi connectivity index (χ1n) is 11.2. The molecule has 15 nitrogen and oxygen atoms in total. The molecular weight excluding hydrogens is 476 g/mol. The molecule has 0 radical (unpaired) electrons. The van der Waals surface area contributed by atoms with Crippen LogP contribution in [-0.4, -0.2) is 71.5 Å². The van der Waals surface area contributed by atoms with Crippen molar-refractivity contribution in [2.75, 3.05) is 19.6 Å². The molecule has 0 aromatic heterocycles. The fourth-order valence-corrected chi connectivity index (χ4v) is 3.39. The molecule has 4 amide bonds. The molecule has 1 aliphatic heterocycles. The van der Waals surface area contributed by atoms with Crippen molar-refractivity contribution < 1.29 is 28.9 Å². The maximum atomic E-state index is 13.0. The highest BCUT2D eigenvalue weighted by Crippen LogP contribution is 2.09. The van der Waals surface area contributed by atoms with Gasteiger partial charge in [-0.3, -0.25) is 24.7 Å². The average molecular weight is 507 g/mol. The maximum Gasteiger partial charge on any atom is 0.414 e. The normalized spacial score (nSPS) is 15.3. The number of ether oxygens (including phenoxy) is 1. The van der Waals surface area contributed by atoms with Gasteiger partial charge in [-0.2, -0.15) is 0 Å². The summed E-state index contributed by atoms with van der Waals surface area (Å²) in [5.41, 5.74) is 11.2. The minimum Gasteiger partial charge on any atom is -0.444 e. The molecule has 1 heterocycles. The van der Waals surface area contributed by atoms with Crippen molar-refractivity contribution in [2.24, 2.45) is 16.5 Å². The van der Waals surface area contributed by atoms with Gasteiger partial charge in [-0.1, -0.05) is 30.3 Å². The van der Waals surface area contributed by atoms with Crippen molar-refractivity contribution in [1.29, 1.82) is 0 Å². The number of rotatable bonds is 12. The number of aliphatic imine (C=N–C) groups is 1. The van der Waals surface area contributed by atoms with Gasteiger partial charge in [-0.05, 0) is 42.8 Å². The number of nitro groups is 1. The Labute approximate surface area is 206 Å². The fourth-order valence-electron chi connectivity index (χ4n) is 3.39. The number of nitrogens with one attached hydrogen (secondary N) is 3. The van der Waals surface area contributed by atoms with Crippen molar-refractivity contribution in [2.45, 2.75) is 44.4 Å². The van der Waals surface area contributed by atoms with Gasteiger partial charge in [-0.15, -0.1) is 0 Å². The van der Waals surface area contributed by atoms with Crippen LogP contribution in [0.15, 0.2) is 35.3 Å².